The molecule has 1 aromatic heterocycles. The van der Waals surface area contributed by atoms with Gasteiger partial charge in [0.1, 0.15) is 5.52 Å². The van der Waals surface area contributed by atoms with Gasteiger partial charge in [0.25, 0.3) is 5.56 Å². The Balaban J connectivity index is 2.33. The van der Waals surface area contributed by atoms with Crippen LogP contribution in [0.3, 0.4) is 0 Å². The Kier molecular flexibility index (Phi) is 3.53. The number of fused-ring (bicyclic) bond motifs is 1. The summed E-state index contributed by atoms with van der Waals surface area (Å²) in [4.78, 5) is 11.9. The molecule has 0 amide bonds. The van der Waals surface area contributed by atoms with Gasteiger partial charge in [-0.1, -0.05) is 17.3 Å². The molecule has 0 aliphatic heterocycles. The highest BCUT2D eigenvalue weighted by atomic mass is 32.2. The minimum Gasteiger partial charge on any atom is -0.396 e. The van der Waals surface area contributed by atoms with E-state index < -0.39 is 0 Å². The Bertz CT molecular complexity index is 541. The van der Waals surface area contributed by atoms with Gasteiger partial charge in [-0.2, -0.15) is 0 Å². The lowest BCUT2D eigenvalue weighted by atomic mass is 10.2. The Morgan fingerprint density at radius 3 is 3.00 bits per heavy atom. The Hall–Kier alpha value is -1.40. The first-order valence-corrected chi connectivity index (χ1v) is 5.99. The third-order valence-corrected chi connectivity index (χ3v) is 2.98. The van der Waals surface area contributed by atoms with E-state index in [4.69, 9.17) is 5.11 Å². The fourth-order valence-corrected chi connectivity index (χ4v) is 1.92. The maximum Gasteiger partial charge on any atom is 0.278 e. The van der Waals surface area contributed by atoms with Crippen LogP contribution >= 0.6 is 11.8 Å². The third-order valence-electron chi connectivity index (χ3n) is 2.08. The molecule has 0 unspecified atom stereocenters. The molecule has 0 atom stereocenters. The van der Waals surface area contributed by atoms with Crippen LogP contribution in [-0.4, -0.2) is 32.5 Å². The van der Waals surface area contributed by atoms with Crippen molar-refractivity contribution in [3.05, 3.63) is 34.6 Å². The van der Waals surface area contributed by atoms with E-state index >= 15 is 0 Å². The van der Waals surface area contributed by atoms with Crippen molar-refractivity contribution < 1.29 is 5.11 Å². The zero-order chi connectivity index (χ0) is 11.4. The van der Waals surface area contributed by atoms with Crippen molar-refractivity contribution in [2.45, 2.75) is 5.88 Å². The number of rotatable bonds is 4. The highest BCUT2D eigenvalue weighted by molar-refractivity contribution is 7.98. The van der Waals surface area contributed by atoms with Crippen molar-refractivity contribution in [2.24, 2.45) is 0 Å². The first-order valence-electron chi connectivity index (χ1n) is 4.84. The van der Waals surface area contributed by atoms with E-state index in [9.17, 15) is 4.79 Å². The summed E-state index contributed by atoms with van der Waals surface area (Å²) in [5.74, 6) is 0.998. The van der Waals surface area contributed by atoms with Crippen LogP contribution in [0.4, 0.5) is 0 Å². The molecular weight excluding hydrogens is 226 g/mol. The summed E-state index contributed by atoms with van der Waals surface area (Å²) in [6.45, 7) is 0.0976. The Labute approximate surface area is 96.1 Å². The van der Waals surface area contributed by atoms with E-state index in [1.807, 2.05) is 6.07 Å². The van der Waals surface area contributed by atoms with Crippen LogP contribution in [0.15, 0.2) is 29.1 Å². The molecule has 1 heterocycles. The molecule has 1 N–H and O–H groups in total. The van der Waals surface area contributed by atoms with Gasteiger partial charge in [0, 0.05) is 5.75 Å². The van der Waals surface area contributed by atoms with Crippen LogP contribution in [-0.2, 0) is 5.88 Å². The Morgan fingerprint density at radius 2 is 2.19 bits per heavy atom. The number of hydrogen-bond donors (Lipinski definition) is 1. The highest BCUT2D eigenvalue weighted by Crippen LogP contribution is 2.05. The minimum atomic E-state index is -0.143. The van der Waals surface area contributed by atoms with E-state index in [0.717, 1.165) is 0 Å². The summed E-state index contributed by atoms with van der Waals surface area (Å²) in [7, 11) is 0. The Morgan fingerprint density at radius 1 is 1.38 bits per heavy atom. The predicted octanol–water partition coefficient (Wildman–Crippen LogP) is 0.474. The van der Waals surface area contributed by atoms with Crippen molar-refractivity contribution in [1.82, 2.24) is 15.0 Å². The monoisotopic (exact) mass is 237 g/mol. The number of aromatic nitrogens is 3. The van der Waals surface area contributed by atoms with Crippen LogP contribution in [0, 0.1) is 0 Å². The maximum atomic E-state index is 11.9. The molecule has 84 valence electrons. The van der Waals surface area contributed by atoms with E-state index in [1.54, 1.807) is 18.2 Å². The van der Waals surface area contributed by atoms with Crippen molar-refractivity contribution >= 4 is 22.7 Å². The summed E-state index contributed by atoms with van der Waals surface area (Å²) in [5, 5.41) is 17.0. The lowest BCUT2D eigenvalue weighted by Gasteiger charge is -2.03. The second kappa shape index (κ2) is 5.09. The number of benzene rings is 1. The lowest BCUT2D eigenvalue weighted by Crippen LogP contribution is -2.23. The summed E-state index contributed by atoms with van der Waals surface area (Å²) in [5.41, 5.74) is 0.465. The summed E-state index contributed by atoms with van der Waals surface area (Å²) < 4.78 is 1.31. The normalized spacial score (nSPS) is 10.8. The molecule has 0 aliphatic carbocycles. The van der Waals surface area contributed by atoms with Crippen LogP contribution in [0.25, 0.3) is 10.9 Å². The molecule has 2 rings (SSSR count). The first kappa shape index (κ1) is 11.1. The van der Waals surface area contributed by atoms with Gasteiger partial charge >= 0.3 is 0 Å². The number of aliphatic hydroxyl groups excluding tert-OH is 1. The van der Waals surface area contributed by atoms with Gasteiger partial charge in [0.05, 0.1) is 17.9 Å². The zero-order valence-electron chi connectivity index (χ0n) is 8.54. The van der Waals surface area contributed by atoms with Crippen molar-refractivity contribution in [2.75, 3.05) is 12.4 Å². The van der Waals surface area contributed by atoms with Crippen molar-refractivity contribution in [3.8, 4) is 0 Å². The topological polar surface area (TPSA) is 68.0 Å². The number of hydrogen-bond acceptors (Lipinski definition) is 5. The van der Waals surface area contributed by atoms with Crippen LogP contribution in [0.1, 0.15) is 0 Å². The van der Waals surface area contributed by atoms with Gasteiger partial charge in [0.15, 0.2) is 0 Å². The second-order valence-corrected chi connectivity index (χ2v) is 4.25. The third kappa shape index (κ3) is 2.23. The van der Waals surface area contributed by atoms with Gasteiger partial charge < -0.3 is 5.11 Å². The van der Waals surface area contributed by atoms with Gasteiger partial charge in [-0.3, -0.25) is 4.79 Å². The standard InChI is InChI=1S/C10H11N3O2S/c14-5-6-16-7-13-10(15)8-3-1-2-4-9(8)11-12-13/h1-4,14H,5-7H2. The molecule has 0 spiro atoms. The molecule has 2 aromatic rings. The maximum absolute atomic E-state index is 11.9. The average molecular weight is 237 g/mol. The summed E-state index contributed by atoms with van der Waals surface area (Å²) in [6, 6.07) is 7.12. The molecule has 1 aromatic carbocycles. The van der Waals surface area contributed by atoms with Gasteiger partial charge in [-0.05, 0) is 12.1 Å². The fourth-order valence-electron chi connectivity index (χ4n) is 1.32. The minimum absolute atomic E-state index is 0.0976. The van der Waals surface area contributed by atoms with E-state index in [0.29, 0.717) is 22.5 Å². The molecule has 6 heteroatoms. The number of aliphatic hydroxyl groups is 1. The smallest absolute Gasteiger partial charge is 0.278 e. The zero-order valence-corrected chi connectivity index (χ0v) is 9.35. The van der Waals surface area contributed by atoms with E-state index in [1.165, 1.54) is 16.4 Å². The van der Waals surface area contributed by atoms with E-state index in [-0.39, 0.29) is 12.2 Å². The average Bonchev–Trinajstić information content (AvgIpc) is 2.33. The number of thioether (sulfide) groups is 1. The predicted molar refractivity (Wildman–Crippen MR) is 63.3 cm³/mol. The molecular formula is C10H11N3O2S. The van der Waals surface area contributed by atoms with Gasteiger partial charge in [-0.25, -0.2) is 4.68 Å². The number of nitrogens with zero attached hydrogens (tertiary/aromatic N) is 3. The van der Waals surface area contributed by atoms with Crippen molar-refractivity contribution in [3.63, 3.8) is 0 Å². The molecule has 0 saturated heterocycles. The quantitative estimate of drug-likeness (QED) is 0.783. The highest BCUT2D eigenvalue weighted by Gasteiger charge is 2.03. The molecule has 16 heavy (non-hydrogen) atoms. The molecule has 0 bridgehead atoms. The lowest BCUT2D eigenvalue weighted by molar-refractivity contribution is 0.322. The molecule has 5 nitrogen and oxygen atoms in total. The molecule has 0 saturated carbocycles. The van der Waals surface area contributed by atoms with Gasteiger partial charge in [0.2, 0.25) is 0 Å². The first-order chi connectivity index (χ1) is 7.83. The second-order valence-electron chi connectivity index (χ2n) is 3.17. The van der Waals surface area contributed by atoms with Crippen LogP contribution in [0.5, 0.6) is 0 Å². The van der Waals surface area contributed by atoms with Crippen LogP contribution in [0.2, 0.25) is 0 Å². The summed E-state index contributed by atoms with van der Waals surface area (Å²) >= 11 is 1.44. The van der Waals surface area contributed by atoms with Crippen molar-refractivity contribution in [1.29, 1.82) is 0 Å². The van der Waals surface area contributed by atoms with E-state index in [2.05, 4.69) is 10.3 Å². The molecule has 0 radical (unpaired) electrons. The largest absolute Gasteiger partial charge is 0.396 e. The van der Waals surface area contributed by atoms with Crippen LogP contribution < -0.4 is 5.56 Å². The molecule has 0 aliphatic rings. The van der Waals surface area contributed by atoms with Gasteiger partial charge in [-0.15, -0.1) is 16.9 Å². The summed E-state index contributed by atoms with van der Waals surface area (Å²) in [6.07, 6.45) is 0. The molecule has 0 fully saturated rings. The fraction of sp³-hybridized carbons (Fsp3) is 0.300. The SMILES string of the molecule is O=c1c2ccccc2nnn1CSCCO.